The summed E-state index contributed by atoms with van der Waals surface area (Å²) in [6, 6.07) is 15.4. The summed E-state index contributed by atoms with van der Waals surface area (Å²) in [6.45, 7) is 2.64. The van der Waals surface area contributed by atoms with Crippen molar-refractivity contribution in [2.45, 2.75) is 25.8 Å². The van der Waals surface area contributed by atoms with Gasteiger partial charge >= 0.3 is 0 Å². The molecular formula is C23H27N3O3. The summed E-state index contributed by atoms with van der Waals surface area (Å²) in [6.07, 6.45) is 0.704. The van der Waals surface area contributed by atoms with Crippen molar-refractivity contribution in [1.29, 1.82) is 0 Å². The molecular weight excluding hydrogens is 366 g/mol. The minimum atomic E-state index is -0.276. The zero-order chi connectivity index (χ0) is 21.0. The molecule has 2 aromatic carbocycles. The lowest BCUT2D eigenvalue weighted by Gasteiger charge is -2.25. The second-order valence-corrected chi connectivity index (χ2v) is 7.61. The Morgan fingerprint density at radius 3 is 2.41 bits per heavy atom. The van der Waals surface area contributed by atoms with E-state index in [9.17, 15) is 14.4 Å². The molecule has 0 radical (unpaired) electrons. The van der Waals surface area contributed by atoms with Crippen LogP contribution in [-0.4, -0.2) is 54.7 Å². The number of carbonyl (C=O) groups is 3. The molecule has 1 N–H and O–H groups in total. The van der Waals surface area contributed by atoms with E-state index in [1.807, 2.05) is 57.4 Å². The highest BCUT2D eigenvalue weighted by Gasteiger charge is 2.34. The Labute approximate surface area is 171 Å². The second kappa shape index (κ2) is 9.01. The van der Waals surface area contributed by atoms with E-state index >= 15 is 0 Å². The first-order chi connectivity index (χ1) is 13.9. The molecule has 0 saturated carbocycles. The maximum atomic E-state index is 12.5. The van der Waals surface area contributed by atoms with Crippen LogP contribution in [0.1, 0.15) is 50.7 Å². The van der Waals surface area contributed by atoms with Gasteiger partial charge in [0.1, 0.15) is 0 Å². The molecule has 0 spiro atoms. The highest BCUT2D eigenvalue weighted by molar-refractivity contribution is 6.21. The summed E-state index contributed by atoms with van der Waals surface area (Å²) in [5.74, 6) is -0.631. The number of benzene rings is 2. The predicted octanol–water partition coefficient (Wildman–Crippen LogP) is 2.79. The van der Waals surface area contributed by atoms with Crippen molar-refractivity contribution in [3.05, 3.63) is 70.8 Å². The lowest BCUT2D eigenvalue weighted by atomic mass is 10.1. The Balaban J connectivity index is 1.49. The SMILES string of the molecule is Cc1ccc2c(c1)C(=O)N(CCCC(=O)NC[C@H](c1ccccc1)N(C)C)C2=O. The van der Waals surface area contributed by atoms with Gasteiger partial charge in [-0.15, -0.1) is 0 Å². The molecule has 152 valence electrons. The van der Waals surface area contributed by atoms with Crippen LogP contribution in [0.3, 0.4) is 0 Å². The van der Waals surface area contributed by atoms with Gasteiger partial charge in [0.2, 0.25) is 5.91 Å². The number of nitrogens with one attached hydrogen (secondary N) is 1. The number of hydrogen-bond donors (Lipinski definition) is 1. The molecule has 0 fully saturated rings. The van der Waals surface area contributed by atoms with Crippen molar-refractivity contribution in [2.75, 3.05) is 27.2 Å². The molecule has 2 aromatic rings. The third-order valence-corrected chi connectivity index (χ3v) is 5.21. The fourth-order valence-corrected chi connectivity index (χ4v) is 3.58. The molecule has 29 heavy (non-hydrogen) atoms. The second-order valence-electron chi connectivity index (χ2n) is 7.61. The first-order valence-electron chi connectivity index (χ1n) is 9.83. The summed E-state index contributed by atoms with van der Waals surface area (Å²) < 4.78 is 0. The lowest BCUT2D eigenvalue weighted by molar-refractivity contribution is -0.121. The first kappa shape index (κ1) is 20.7. The topological polar surface area (TPSA) is 69.7 Å². The van der Waals surface area contributed by atoms with Crippen LogP contribution in [0.4, 0.5) is 0 Å². The summed E-state index contributed by atoms with van der Waals surface area (Å²) in [5, 5.41) is 2.97. The van der Waals surface area contributed by atoms with E-state index < -0.39 is 0 Å². The van der Waals surface area contributed by atoms with Crippen LogP contribution in [0.5, 0.6) is 0 Å². The molecule has 1 atom stereocenters. The Morgan fingerprint density at radius 1 is 1.03 bits per heavy atom. The quantitative estimate of drug-likeness (QED) is 0.700. The summed E-state index contributed by atoms with van der Waals surface area (Å²) >= 11 is 0. The van der Waals surface area contributed by atoms with Gasteiger partial charge < -0.3 is 10.2 Å². The van der Waals surface area contributed by atoms with Gasteiger partial charge in [-0.1, -0.05) is 42.0 Å². The van der Waals surface area contributed by atoms with Crippen LogP contribution in [0, 0.1) is 6.92 Å². The standard InChI is InChI=1S/C23H27N3O3/c1-16-11-12-18-19(14-16)23(29)26(22(18)28)13-7-10-21(27)24-15-20(25(2)3)17-8-5-4-6-9-17/h4-6,8-9,11-12,14,20H,7,10,13,15H2,1-3H3,(H,24,27)/t20-/m1/s1. The van der Waals surface area contributed by atoms with Crippen LogP contribution in [0.15, 0.2) is 48.5 Å². The molecule has 3 rings (SSSR count). The fourth-order valence-electron chi connectivity index (χ4n) is 3.58. The number of hydrogen-bond acceptors (Lipinski definition) is 4. The van der Waals surface area contributed by atoms with Gasteiger partial charge in [-0.25, -0.2) is 0 Å². The van der Waals surface area contributed by atoms with E-state index in [4.69, 9.17) is 0 Å². The Kier molecular flexibility index (Phi) is 6.44. The van der Waals surface area contributed by atoms with Gasteiger partial charge in [-0.2, -0.15) is 0 Å². The van der Waals surface area contributed by atoms with Crippen LogP contribution in [0.25, 0.3) is 0 Å². The predicted molar refractivity (Wildman–Crippen MR) is 112 cm³/mol. The lowest BCUT2D eigenvalue weighted by Crippen LogP contribution is -2.35. The van der Waals surface area contributed by atoms with Crippen LogP contribution < -0.4 is 5.32 Å². The molecule has 0 aromatic heterocycles. The number of nitrogens with zero attached hydrogens (tertiary/aromatic N) is 2. The zero-order valence-electron chi connectivity index (χ0n) is 17.1. The third-order valence-electron chi connectivity index (χ3n) is 5.21. The van der Waals surface area contributed by atoms with Crippen molar-refractivity contribution < 1.29 is 14.4 Å². The molecule has 0 unspecified atom stereocenters. The first-order valence-corrected chi connectivity index (χ1v) is 9.83. The number of aryl methyl sites for hydroxylation is 1. The highest BCUT2D eigenvalue weighted by atomic mass is 16.2. The summed E-state index contributed by atoms with van der Waals surface area (Å²) in [5.41, 5.74) is 2.98. The van der Waals surface area contributed by atoms with E-state index in [2.05, 4.69) is 10.2 Å². The van der Waals surface area contributed by atoms with E-state index in [1.165, 1.54) is 4.90 Å². The average Bonchev–Trinajstić information content (AvgIpc) is 2.93. The molecule has 0 bridgehead atoms. The molecule has 1 aliphatic heterocycles. The minimum absolute atomic E-state index is 0.0830. The number of fused-ring (bicyclic) bond motifs is 1. The van der Waals surface area contributed by atoms with E-state index in [1.54, 1.807) is 12.1 Å². The smallest absolute Gasteiger partial charge is 0.261 e. The van der Waals surface area contributed by atoms with E-state index in [-0.39, 0.29) is 36.7 Å². The maximum absolute atomic E-state index is 12.5. The number of imide groups is 1. The highest BCUT2D eigenvalue weighted by Crippen LogP contribution is 2.24. The fraction of sp³-hybridized carbons (Fsp3) is 0.348. The minimum Gasteiger partial charge on any atom is -0.354 e. The van der Waals surface area contributed by atoms with Gasteiger partial charge in [0.25, 0.3) is 11.8 Å². The van der Waals surface area contributed by atoms with Crippen molar-refractivity contribution in [3.8, 4) is 0 Å². The molecule has 1 heterocycles. The monoisotopic (exact) mass is 393 g/mol. The summed E-state index contributed by atoms with van der Waals surface area (Å²) in [4.78, 5) is 40.5. The molecule has 6 heteroatoms. The van der Waals surface area contributed by atoms with Gasteiger partial charge in [-0.3, -0.25) is 19.3 Å². The number of likely N-dealkylation sites (N-methyl/N-ethyl adjacent to an activating group) is 1. The zero-order valence-corrected chi connectivity index (χ0v) is 17.1. The van der Waals surface area contributed by atoms with Crippen molar-refractivity contribution in [1.82, 2.24) is 15.1 Å². The Bertz CT molecular complexity index is 909. The maximum Gasteiger partial charge on any atom is 0.261 e. The normalized spacial score (nSPS) is 14.3. The molecule has 3 amide bonds. The molecule has 6 nitrogen and oxygen atoms in total. The van der Waals surface area contributed by atoms with Gasteiger partial charge in [0, 0.05) is 19.5 Å². The van der Waals surface area contributed by atoms with Crippen molar-refractivity contribution >= 4 is 17.7 Å². The van der Waals surface area contributed by atoms with E-state index in [0.29, 0.717) is 24.1 Å². The van der Waals surface area contributed by atoms with Crippen molar-refractivity contribution in [3.63, 3.8) is 0 Å². The van der Waals surface area contributed by atoms with Gasteiger partial charge in [0.05, 0.1) is 17.2 Å². The third kappa shape index (κ3) is 4.71. The van der Waals surface area contributed by atoms with Gasteiger partial charge in [0.15, 0.2) is 0 Å². The largest absolute Gasteiger partial charge is 0.354 e. The summed E-state index contributed by atoms with van der Waals surface area (Å²) in [7, 11) is 3.96. The molecule has 1 aliphatic rings. The van der Waals surface area contributed by atoms with Crippen LogP contribution >= 0.6 is 0 Å². The van der Waals surface area contributed by atoms with Crippen LogP contribution in [0.2, 0.25) is 0 Å². The van der Waals surface area contributed by atoms with Crippen molar-refractivity contribution in [2.24, 2.45) is 0 Å². The molecule has 0 aliphatic carbocycles. The average molecular weight is 393 g/mol. The van der Waals surface area contributed by atoms with E-state index in [0.717, 1.165) is 11.1 Å². The Hall–Kier alpha value is -2.99. The van der Waals surface area contributed by atoms with Gasteiger partial charge in [-0.05, 0) is 45.1 Å². The number of carbonyl (C=O) groups excluding carboxylic acids is 3. The molecule has 0 saturated heterocycles. The number of rotatable bonds is 8. The van der Waals surface area contributed by atoms with Crippen LogP contribution in [-0.2, 0) is 4.79 Å². The Morgan fingerprint density at radius 2 is 1.72 bits per heavy atom. The number of amides is 3.